The third-order valence-corrected chi connectivity index (χ3v) is 6.32. The van der Waals surface area contributed by atoms with E-state index in [1.54, 1.807) is 18.0 Å². The van der Waals surface area contributed by atoms with E-state index in [2.05, 4.69) is 28.1 Å². The minimum absolute atomic E-state index is 0.0473. The smallest absolute Gasteiger partial charge is 0.329 e. The number of benzene rings is 2. The Morgan fingerprint density at radius 2 is 1.46 bits per heavy atom. The topological polar surface area (TPSA) is 39.7 Å². The minimum atomic E-state index is 0.0473. The number of pyridine rings is 1. The average molecular weight is 388 g/mol. The zero-order valence-electron chi connectivity index (χ0n) is 15.4. The summed E-state index contributed by atoms with van der Waals surface area (Å²) in [4.78, 5) is 26.1. The van der Waals surface area contributed by atoms with E-state index in [-0.39, 0.29) is 6.03 Å². The fourth-order valence-electron chi connectivity index (χ4n) is 3.75. The Bertz CT molecular complexity index is 957. The molecule has 1 fully saturated rings. The highest BCUT2D eigenvalue weighted by atomic mass is 32.2. The molecule has 1 aromatic heterocycles. The lowest BCUT2D eigenvalue weighted by molar-refractivity contribution is 0.203. The molecule has 5 rings (SSSR count). The molecule has 0 saturated carbocycles. The molecule has 0 N–H and O–H groups in total. The molecule has 2 amide bonds. The van der Waals surface area contributed by atoms with Crippen molar-refractivity contribution < 1.29 is 4.79 Å². The number of fused-ring (bicyclic) bond motifs is 2. The summed E-state index contributed by atoms with van der Waals surface area (Å²) in [5, 5.41) is 0. The number of piperazine rings is 1. The number of hydrogen-bond acceptors (Lipinski definition) is 4. The molecular formula is C22H20N4OS. The van der Waals surface area contributed by atoms with Crippen LogP contribution in [0.25, 0.3) is 0 Å². The Kier molecular flexibility index (Phi) is 4.41. The van der Waals surface area contributed by atoms with Crippen LogP contribution in [0.4, 0.5) is 21.9 Å². The molecule has 0 spiro atoms. The molecule has 2 aliphatic heterocycles. The zero-order chi connectivity index (χ0) is 18.9. The Balaban J connectivity index is 1.40. The summed E-state index contributed by atoms with van der Waals surface area (Å²) >= 11 is 1.72. The maximum absolute atomic E-state index is 13.5. The highest BCUT2D eigenvalue weighted by Crippen LogP contribution is 2.48. The quantitative estimate of drug-likeness (QED) is 0.610. The molecule has 3 aromatic rings. The van der Waals surface area contributed by atoms with Crippen molar-refractivity contribution in [3.63, 3.8) is 0 Å². The Hall–Kier alpha value is -2.99. The van der Waals surface area contributed by atoms with Crippen molar-refractivity contribution >= 4 is 34.9 Å². The van der Waals surface area contributed by atoms with Crippen LogP contribution in [-0.4, -0.2) is 42.1 Å². The maximum atomic E-state index is 13.5. The van der Waals surface area contributed by atoms with Crippen molar-refractivity contribution in [3.05, 3.63) is 73.1 Å². The van der Waals surface area contributed by atoms with Gasteiger partial charge in [0.05, 0.1) is 23.3 Å². The number of carbonyl (C=O) groups is 1. The van der Waals surface area contributed by atoms with Crippen LogP contribution in [0.5, 0.6) is 0 Å². The van der Waals surface area contributed by atoms with Crippen molar-refractivity contribution in [2.75, 3.05) is 36.0 Å². The van der Waals surface area contributed by atoms with E-state index in [1.165, 1.54) is 0 Å². The number of aromatic nitrogens is 1. The molecule has 0 unspecified atom stereocenters. The second-order valence-corrected chi connectivity index (χ2v) is 7.92. The molecule has 0 bridgehead atoms. The first kappa shape index (κ1) is 17.1. The number of urea groups is 1. The van der Waals surface area contributed by atoms with Gasteiger partial charge in [-0.05, 0) is 36.4 Å². The van der Waals surface area contributed by atoms with E-state index in [9.17, 15) is 4.79 Å². The predicted molar refractivity (Wildman–Crippen MR) is 113 cm³/mol. The summed E-state index contributed by atoms with van der Waals surface area (Å²) in [7, 11) is 0. The molecule has 6 heteroatoms. The van der Waals surface area contributed by atoms with Gasteiger partial charge in [-0.1, -0.05) is 36.0 Å². The molecule has 2 aliphatic rings. The van der Waals surface area contributed by atoms with Gasteiger partial charge < -0.3 is 9.80 Å². The van der Waals surface area contributed by atoms with E-state index >= 15 is 0 Å². The van der Waals surface area contributed by atoms with Gasteiger partial charge in [-0.15, -0.1) is 0 Å². The number of nitrogens with zero attached hydrogens (tertiary/aromatic N) is 4. The third kappa shape index (κ3) is 2.99. The van der Waals surface area contributed by atoms with E-state index in [4.69, 9.17) is 0 Å². The highest BCUT2D eigenvalue weighted by Gasteiger charge is 2.32. The molecule has 0 aliphatic carbocycles. The number of amides is 2. The Morgan fingerprint density at radius 3 is 2.07 bits per heavy atom. The van der Waals surface area contributed by atoms with Gasteiger partial charge in [-0.2, -0.15) is 0 Å². The zero-order valence-corrected chi connectivity index (χ0v) is 16.2. The van der Waals surface area contributed by atoms with E-state index < -0.39 is 0 Å². The van der Waals surface area contributed by atoms with Crippen LogP contribution in [-0.2, 0) is 0 Å². The number of anilines is 3. The SMILES string of the molecule is O=C(N1CCN(c2cccnc2)CC1)N1c2ccccc2Sc2ccccc21. The summed E-state index contributed by atoms with van der Waals surface area (Å²) < 4.78 is 0. The normalized spacial score (nSPS) is 15.8. The highest BCUT2D eigenvalue weighted by molar-refractivity contribution is 7.99. The van der Waals surface area contributed by atoms with Crippen molar-refractivity contribution in [1.29, 1.82) is 0 Å². The summed E-state index contributed by atoms with van der Waals surface area (Å²) in [6, 6.07) is 20.3. The van der Waals surface area contributed by atoms with E-state index in [0.29, 0.717) is 13.1 Å². The fraction of sp³-hybridized carbons (Fsp3) is 0.182. The van der Waals surface area contributed by atoms with Crippen molar-refractivity contribution in [2.24, 2.45) is 0 Å². The first-order chi connectivity index (χ1) is 13.8. The maximum Gasteiger partial charge on any atom is 0.329 e. The fourth-order valence-corrected chi connectivity index (χ4v) is 4.81. The number of para-hydroxylation sites is 2. The molecule has 5 nitrogen and oxygen atoms in total. The molecule has 140 valence electrons. The molecule has 1 saturated heterocycles. The second-order valence-electron chi connectivity index (χ2n) is 6.84. The van der Waals surface area contributed by atoms with Crippen LogP contribution >= 0.6 is 11.8 Å². The third-order valence-electron chi connectivity index (χ3n) is 5.18. The van der Waals surface area contributed by atoms with Gasteiger partial charge in [-0.3, -0.25) is 9.88 Å². The summed E-state index contributed by atoms with van der Waals surface area (Å²) in [6.07, 6.45) is 3.67. The van der Waals surface area contributed by atoms with Crippen LogP contribution in [0.3, 0.4) is 0 Å². The van der Waals surface area contributed by atoms with Gasteiger partial charge in [0.15, 0.2) is 0 Å². The van der Waals surface area contributed by atoms with Gasteiger partial charge in [0.1, 0.15) is 0 Å². The number of hydrogen-bond donors (Lipinski definition) is 0. The molecular weight excluding hydrogens is 368 g/mol. The van der Waals surface area contributed by atoms with Gasteiger partial charge in [0.25, 0.3) is 0 Å². The largest absolute Gasteiger partial charge is 0.367 e. The summed E-state index contributed by atoms with van der Waals surface area (Å²) in [5.41, 5.74) is 3.04. The predicted octanol–water partition coefficient (Wildman–Crippen LogP) is 4.63. The van der Waals surface area contributed by atoms with Crippen molar-refractivity contribution in [3.8, 4) is 0 Å². The summed E-state index contributed by atoms with van der Waals surface area (Å²) in [6.45, 7) is 3.01. The van der Waals surface area contributed by atoms with Crippen LogP contribution in [0.1, 0.15) is 0 Å². The molecule has 28 heavy (non-hydrogen) atoms. The molecule has 3 heterocycles. The van der Waals surface area contributed by atoms with Crippen LogP contribution in [0, 0.1) is 0 Å². The van der Waals surface area contributed by atoms with E-state index in [0.717, 1.165) is 39.9 Å². The second kappa shape index (κ2) is 7.20. The monoisotopic (exact) mass is 388 g/mol. The number of carbonyl (C=O) groups excluding carboxylic acids is 1. The first-order valence-corrected chi connectivity index (χ1v) is 10.2. The van der Waals surface area contributed by atoms with Gasteiger partial charge >= 0.3 is 6.03 Å². The van der Waals surface area contributed by atoms with Gasteiger partial charge in [0.2, 0.25) is 0 Å². The first-order valence-electron chi connectivity index (χ1n) is 9.41. The standard InChI is InChI=1S/C22H20N4OS/c27-22(25-14-12-24(13-15-25)17-6-5-11-23-16-17)26-18-7-1-3-9-20(18)28-21-10-4-2-8-19(21)26/h1-11,16H,12-15H2. The molecule has 0 atom stereocenters. The van der Waals surface area contributed by atoms with Crippen LogP contribution in [0.2, 0.25) is 0 Å². The molecule has 2 aromatic carbocycles. The van der Waals surface area contributed by atoms with Crippen LogP contribution < -0.4 is 9.80 Å². The van der Waals surface area contributed by atoms with E-state index in [1.807, 2.05) is 58.5 Å². The van der Waals surface area contributed by atoms with Gasteiger partial charge in [-0.25, -0.2) is 4.79 Å². The Labute approximate surface area is 168 Å². The average Bonchev–Trinajstić information content (AvgIpc) is 2.77. The molecule has 0 radical (unpaired) electrons. The minimum Gasteiger partial charge on any atom is -0.367 e. The van der Waals surface area contributed by atoms with Crippen molar-refractivity contribution in [2.45, 2.75) is 9.79 Å². The lowest BCUT2D eigenvalue weighted by Gasteiger charge is -2.40. The Morgan fingerprint density at radius 1 is 0.821 bits per heavy atom. The lowest BCUT2D eigenvalue weighted by Crippen LogP contribution is -2.52. The van der Waals surface area contributed by atoms with Crippen molar-refractivity contribution in [1.82, 2.24) is 9.88 Å². The number of rotatable bonds is 1. The van der Waals surface area contributed by atoms with Crippen LogP contribution in [0.15, 0.2) is 82.8 Å². The summed E-state index contributed by atoms with van der Waals surface area (Å²) in [5.74, 6) is 0. The lowest BCUT2D eigenvalue weighted by atomic mass is 10.2. The van der Waals surface area contributed by atoms with Gasteiger partial charge in [0, 0.05) is 42.2 Å².